The number of rotatable bonds is 3. The molecule has 0 atom stereocenters. The number of fused-ring (bicyclic) bond motifs is 13. The van der Waals surface area contributed by atoms with E-state index in [1.54, 1.807) is 0 Å². The molecule has 1 heteroatoms. The molecule has 1 aliphatic rings. The van der Waals surface area contributed by atoms with E-state index in [0.717, 1.165) is 11.2 Å². The quantitative estimate of drug-likeness (QED) is 0.166. The molecule has 0 saturated carbocycles. The van der Waals surface area contributed by atoms with Crippen LogP contribution in [0.15, 0.2) is 186 Å². The van der Waals surface area contributed by atoms with E-state index in [0.29, 0.717) is 0 Å². The van der Waals surface area contributed by atoms with Crippen molar-refractivity contribution in [1.82, 2.24) is 0 Å². The first-order chi connectivity index (χ1) is 27.5. The normalized spacial score (nSPS) is 13.3. The molecule has 1 aliphatic carbocycles. The molecule has 11 aromatic rings. The van der Waals surface area contributed by atoms with Crippen LogP contribution in [0.3, 0.4) is 0 Å². The molecule has 1 aromatic heterocycles. The summed E-state index contributed by atoms with van der Waals surface area (Å²) in [5, 5.41) is 12.4. The van der Waals surface area contributed by atoms with E-state index in [-0.39, 0.29) is 5.41 Å². The summed E-state index contributed by atoms with van der Waals surface area (Å²) in [5.41, 5.74) is 14.6. The van der Waals surface area contributed by atoms with Gasteiger partial charge in [0.15, 0.2) is 0 Å². The summed E-state index contributed by atoms with van der Waals surface area (Å²) in [5.74, 6) is 0. The van der Waals surface area contributed by atoms with Gasteiger partial charge in [0.05, 0.1) is 0 Å². The lowest BCUT2D eigenvalue weighted by Gasteiger charge is -2.23. The summed E-state index contributed by atoms with van der Waals surface area (Å²) >= 11 is 0. The van der Waals surface area contributed by atoms with Crippen molar-refractivity contribution in [1.29, 1.82) is 0 Å². The third-order valence-corrected chi connectivity index (χ3v) is 12.6. The zero-order valence-electron chi connectivity index (χ0n) is 31.2. The Morgan fingerprint density at radius 2 is 0.857 bits per heavy atom. The van der Waals surface area contributed by atoms with Crippen molar-refractivity contribution in [2.24, 2.45) is 0 Å². The van der Waals surface area contributed by atoms with Gasteiger partial charge in [-0.05, 0) is 118 Å². The lowest BCUT2D eigenvalue weighted by Crippen LogP contribution is -2.15. The largest absolute Gasteiger partial charge is 0.455 e. The molecule has 0 spiro atoms. The molecule has 0 aliphatic heterocycles. The van der Waals surface area contributed by atoms with Gasteiger partial charge in [-0.2, -0.15) is 0 Å². The van der Waals surface area contributed by atoms with Crippen molar-refractivity contribution in [3.8, 4) is 44.5 Å². The molecule has 12 rings (SSSR count). The molecule has 0 bridgehead atoms. The van der Waals surface area contributed by atoms with Crippen LogP contribution in [0, 0.1) is 0 Å². The van der Waals surface area contributed by atoms with E-state index in [4.69, 9.17) is 4.42 Å². The Morgan fingerprint density at radius 3 is 1.50 bits per heavy atom. The molecular formula is C55H36O. The molecule has 1 heterocycles. The van der Waals surface area contributed by atoms with Crippen molar-refractivity contribution in [2.75, 3.05) is 0 Å². The fourth-order valence-corrected chi connectivity index (χ4v) is 10.1. The van der Waals surface area contributed by atoms with Crippen LogP contribution in [0.1, 0.15) is 25.0 Å². The molecule has 0 unspecified atom stereocenters. The summed E-state index contributed by atoms with van der Waals surface area (Å²) in [7, 11) is 0. The van der Waals surface area contributed by atoms with Crippen LogP contribution in [-0.2, 0) is 5.41 Å². The first-order valence-electron chi connectivity index (χ1n) is 19.6. The topological polar surface area (TPSA) is 13.1 Å². The minimum Gasteiger partial charge on any atom is -0.455 e. The highest BCUT2D eigenvalue weighted by Crippen LogP contribution is 2.57. The Hall–Kier alpha value is -6.96. The predicted octanol–water partition coefficient (Wildman–Crippen LogP) is 15.5. The van der Waals surface area contributed by atoms with Crippen molar-refractivity contribution in [2.45, 2.75) is 19.3 Å². The van der Waals surface area contributed by atoms with Crippen LogP contribution >= 0.6 is 0 Å². The van der Waals surface area contributed by atoms with Crippen molar-refractivity contribution in [3.05, 3.63) is 193 Å². The van der Waals surface area contributed by atoms with E-state index in [1.807, 2.05) is 0 Å². The van der Waals surface area contributed by atoms with Crippen LogP contribution < -0.4 is 0 Å². The van der Waals surface area contributed by atoms with Gasteiger partial charge in [-0.15, -0.1) is 0 Å². The second-order valence-electron chi connectivity index (χ2n) is 16.0. The molecular weight excluding hydrogens is 677 g/mol. The van der Waals surface area contributed by atoms with E-state index in [9.17, 15) is 0 Å². The van der Waals surface area contributed by atoms with Crippen molar-refractivity contribution < 1.29 is 4.42 Å². The maximum Gasteiger partial charge on any atom is 0.143 e. The molecule has 0 radical (unpaired) electrons. The standard InChI is InChI=1S/C55H36O/c1-55(2)47-29-28-38(32-46(47)51-43-20-10-11-21-44(43)54-52(53(51)55)45-22-12-13-23-48(45)56-54)50-41-18-8-6-16-39(41)49(40-17-7-9-19-42(40)50)37-27-26-35-30-34(24-25-36(35)31-37)33-14-4-3-5-15-33/h3-32H,1-2H3. The average molecular weight is 713 g/mol. The summed E-state index contributed by atoms with van der Waals surface area (Å²) < 4.78 is 6.67. The predicted molar refractivity (Wildman–Crippen MR) is 238 cm³/mol. The zero-order chi connectivity index (χ0) is 37.1. The summed E-state index contributed by atoms with van der Waals surface area (Å²) in [6.07, 6.45) is 0. The fourth-order valence-electron chi connectivity index (χ4n) is 10.1. The summed E-state index contributed by atoms with van der Waals surface area (Å²) in [6.45, 7) is 4.78. The number of para-hydroxylation sites is 1. The van der Waals surface area contributed by atoms with Gasteiger partial charge in [0.25, 0.3) is 0 Å². The number of benzene rings is 10. The fraction of sp³-hybridized carbons (Fsp3) is 0.0545. The summed E-state index contributed by atoms with van der Waals surface area (Å²) in [4.78, 5) is 0. The third-order valence-electron chi connectivity index (χ3n) is 12.6. The zero-order valence-corrected chi connectivity index (χ0v) is 31.2. The lowest BCUT2D eigenvalue weighted by atomic mass is 9.79. The minimum absolute atomic E-state index is 0.218. The molecule has 0 amide bonds. The molecule has 1 nitrogen and oxygen atoms in total. The molecule has 262 valence electrons. The van der Waals surface area contributed by atoms with Crippen molar-refractivity contribution >= 4 is 65.0 Å². The van der Waals surface area contributed by atoms with Gasteiger partial charge < -0.3 is 4.42 Å². The van der Waals surface area contributed by atoms with Gasteiger partial charge in [0, 0.05) is 21.6 Å². The first kappa shape index (κ1) is 31.4. The average Bonchev–Trinajstić information content (AvgIpc) is 3.74. The third kappa shape index (κ3) is 4.31. The molecule has 0 saturated heterocycles. The first-order valence-corrected chi connectivity index (χ1v) is 19.6. The molecule has 56 heavy (non-hydrogen) atoms. The molecule has 0 fully saturated rings. The van der Waals surface area contributed by atoms with Crippen LogP contribution in [0.25, 0.3) is 110 Å². The maximum absolute atomic E-state index is 6.67. The second-order valence-corrected chi connectivity index (χ2v) is 16.0. The number of hydrogen-bond donors (Lipinski definition) is 0. The van der Waals surface area contributed by atoms with E-state index in [1.165, 1.54) is 109 Å². The number of furan rings is 1. The Balaban J connectivity index is 1.10. The molecule has 0 N–H and O–H groups in total. The Kier molecular flexibility index (Phi) is 6.46. The Bertz CT molecular complexity index is 3380. The van der Waals surface area contributed by atoms with Gasteiger partial charge in [0.1, 0.15) is 11.2 Å². The minimum atomic E-state index is -0.218. The van der Waals surface area contributed by atoms with Gasteiger partial charge in [0.2, 0.25) is 0 Å². The van der Waals surface area contributed by atoms with E-state index < -0.39 is 0 Å². The highest BCUT2D eigenvalue weighted by atomic mass is 16.3. The second kappa shape index (κ2) is 11.5. The van der Waals surface area contributed by atoms with E-state index in [2.05, 4.69) is 196 Å². The highest BCUT2D eigenvalue weighted by Gasteiger charge is 2.40. The lowest BCUT2D eigenvalue weighted by molar-refractivity contribution is 0.659. The van der Waals surface area contributed by atoms with Crippen LogP contribution in [0.4, 0.5) is 0 Å². The van der Waals surface area contributed by atoms with Gasteiger partial charge in [-0.3, -0.25) is 0 Å². The summed E-state index contributed by atoms with van der Waals surface area (Å²) in [6, 6.07) is 67.0. The molecule has 10 aromatic carbocycles. The highest BCUT2D eigenvalue weighted by molar-refractivity contribution is 6.25. The smallest absolute Gasteiger partial charge is 0.143 e. The van der Waals surface area contributed by atoms with E-state index >= 15 is 0 Å². The van der Waals surface area contributed by atoms with Gasteiger partial charge >= 0.3 is 0 Å². The van der Waals surface area contributed by atoms with Gasteiger partial charge in [-0.25, -0.2) is 0 Å². The van der Waals surface area contributed by atoms with Crippen LogP contribution in [0.2, 0.25) is 0 Å². The SMILES string of the molecule is CC1(C)c2ccc(-c3c4ccccc4c(-c4ccc5cc(-c6ccccc6)ccc5c4)c4ccccc34)cc2-c2c1c1c3ccccc3oc1c1ccccc21. The van der Waals surface area contributed by atoms with Crippen LogP contribution in [0.5, 0.6) is 0 Å². The van der Waals surface area contributed by atoms with Crippen molar-refractivity contribution in [3.63, 3.8) is 0 Å². The maximum atomic E-state index is 6.67. The number of hydrogen-bond acceptors (Lipinski definition) is 1. The Labute approximate surface area is 325 Å². The van der Waals surface area contributed by atoms with Crippen LogP contribution in [-0.4, -0.2) is 0 Å². The monoisotopic (exact) mass is 712 g/mol. The van der Waals surface area contributed by atoms with Gasteiger partial charge in [-0.1, -0.05) is 172 Å². The Morgan fingerprint density at radius 1 is 0.375 bits per heavy atom.